The van der Waals surface area contributed by atoms with Crippen LogP contribution in [0.25, 0.3) is 10.9 Å². The van der Waals surface area contributed by atoms with E-state index in [4.69, 9.17) is 24.3 Å². The Hall–Kier alpha value is -5.24. The molecular formula is C44H54N5O9P. The van der Waals surface area contributed by atoms with Crippen LogP contribution in [-0.4, -0.2) is 98.7 Å². The monoisotopic (exact) mass is 827 g/mol. The first kappa shape index (κ1) is 43.3. The Balaban J connectivity index is 1.24. The van der Waals surface area contributed by atoms with Crippen molar-refractivity contribution in [3.63, 3.8) is 0 Å². The molecule has 1 unspecified atom stereocenters. The molecular weight excluding hydrogens is 773 g/mol. The van der Waals surface area contributed by atoms with Gasteiger partial charge in [-0.3, -0.25) is 9.62 Å². The first-order valence-corrected chi connectivity index (χ1v) is 21.8. The van der Waals surface area contributed by atoms with E-state index in [1.54, 1.807) is 40.1 Å². The lowest BCUT2D eigenvalue weighted by Gasteiger charge is -2.36. The highest BCUT2D eigenvalue weighted by atomic mass is 31.2. The lowest BCUT2D eigenvalue weighted by molar-refractivity contribution is -0.151. The van der Waals surface area contributed by atoms with Crippen LogP contribution in [0.15, 0.2) is 109 Å². The highest BCUT2D eigenvalue weighted by molar-refractivity contribution is 7.54. The van der Waals surface area contributed by atoms with Gasteiger partial charge in [-0.15, -0.1) is 0 Å². The Kier molecular flexibility index (Phi) is 15.2. The number of amides is 2. The average Bonchev–Trinajstić information content (AvgIpc) is 3.59. The van der Waals surface area contributed by atoms with E-state index < -0.39 is 50.3 Å². The lowest BCUT2D eigenvalue weighted by atomic mass is 9.91. The first-order valence-electron chi connectivity index (χ1n) is 20.1. The number of aromatic nitrogens is 2. The van der Waals surface area contributed by atoms with Gasteiger partial charge >= 0.3 is 19.6 Å². The van der Waals surface area contributed by atoms with E-state index in [-0.39, 0.29) is 57.3 Å². The number of fused-ring (bicyclic) bond motifs is 1. The number of unbranched alkanes of at least 4 members (excludes halogenated alkanes) is 1. The van der Waals surface area contributed by atoms with E-state index in [9.17, 15) is 19.6 Å². The predicted molar refractivity (Wildman–Crippen MR) is 225 cm³/mol. The molecule has 59 heavy (non-hydrogen) atoms. The molecule has 0 bridgehead atoms. The van der Waals surface area contributed by atoms with Crippen molar-refractivity contribution in [1.29, 1.82) is 0 Å². The zero-order valence-corrected chi connectivity index (χ0v) is 34.4. The summed E-state index contributed by atoms with van der Waals surface area (Å²) in [5.41, 5.74) is 9.44. The van der Waals surface area contributed by atoms with E-state index in [0.717, 1.165) is 28.6 Å². The number of hydrogen-bond acceptors (Lipinski definition) is 11. The summed E-state index contributed by atoms with van der Waals surface area (Å²) in [6.45, 7) is 3.89. The van der Waals surface area contributed by atoms with Crippen molar-refractivity contribution < 1.29 is 42.9 Å². The number of urea groups is 1. The number of anilines is 1. The summed E-state index contributed by atoms with van der Waals surface area (Å²) in [5.74, 6) is -0.0592. The second kappa shape index (κ2) is 20.6. The second-order valence-corrected chi connectivity index (χ2v) is 16.6. The molecule has 5 aromatic rings. The highest BCUT2D eigenvalue weighted by Gasteiger charge is 2.46. The number of carbonyl (C=O) groups is 2. The Labute approximate surface area is 344 Å². The average molecular weight is 828 g/mol. The summed E-state index contributed by atoms with van der Waals surface area (Å²) < 4.78 is 36.8. The van der Waals surface area contributed by atoms with Crippen LogP contribution in [0.2, 0.25) is 0 Å². The summed E-state index contributed by atoms with van der Waals surface area (Å²) in [4.78, 5) is 30.9. The van der Waals surface area contributed by atoms with Gasteiger partial charge in [0.2, 0.25) is 0 Å². The zero-order chi connectivity index (χ0) is 41.8. The van der Waals surface area contributed by atoms with Crippen molar-refractivity contribution in [1.82, 2.24) is 20.0 Å². The number of esters is 1. The van der Waals surface area contributed by atoms with Crippen molar-refractivity contribution in [3.8, 4) is 5.75 Å². The molecule has 1 aromatic heterocycles. The number of carbonyl (C=O) groups excluding carboxylic acids is 2. The number of nitrogens with two attached hydrogens (primary N) is 1. The van der Waals surface area contributed by atoms with Crippen LogP contribution in [0.5, 0.6) is 5.75 Å². The highest BCUT2D eigenvalue weighted by Crippen LogP contribution is 2.49. The molecule has 0 radical (unpaired) electrons. The molecule has 2 heterocycles. The van der Waals surface area contributed by atoms with Crippen LogP contribution in [0.3, 0.4) is 0 Å². The smallest absolute Gasteiger partial charge is 0.405 e. The van der Waals surface area contributed by atoms with Crippen LogP contribution >= 0.6 is 7.60 Å². The molecule has 6 atom stereocenters. The fourth-order valence-corrected chi connectivity index (χ4v) is 8.74. The van der Waals surface area contributed by atoms with Crippen molar-refractivity contribution in [2.24, 2.45) is 0 Å². The molecule has 1 aliphatic rings. The number of nitrogen functional groups attached to an aromatic ring is 1. The summed E-state index contributed by atoms with van der Waals surface area (Å²) in [6.07, 6.45) is -1.97. The molecule has 5 N–H and O–H groups in total. The number of benzene rings is 4. The maximum absolute atomic E-state index is 15.0. The standard InChI is InChI=1S/C44H54N5O9P/c1-3-4-25-56-43(52)31(2)57-59(54,58-35-19-12-7-13-20-35)30-55-24-14-23-48-38(27-32-15-8-5-9-16-32)40(50)41(51)39(28-33-17-10-6-11-18-33)49(44(48)53)29-34-21-22-37-36(26-34)42(45)47-46-37/h5-13,15-22,26,31,38-41,50-51H,3-4,14,23-25,27-30H2,1-2H3,(H3,45,46,47)/t31-,38+,39+,40-,41-,59?/m0/s1. The van der Waals surface area contributed by atoms with Crippen molar-refractivity contribution in [2.45, 2.75) is 82.9 Å². The third kappa shape index (κ3) is 11.5. The maximum Gasteiger partial charge on any atom is 0.405 e. The number of para-hydroxylation sites is 1. The number of hydrogen-bond donors (Lipinski definition) is 4. The van der Waals surface area contributed by atoms with Crippen LogP contribution in [0.4, 0.5) is 10.6 Å². The van der Waals surface area contributed by atoms with Crippen LogP contribution in [0, 0.1) is 0 Å². The first-order chi connectivity index (χ1) is 28.5. The number of nitrogens with zero attached hydrogens (tertiary/aromatic N) is 3. The van der Waals surface area contributed by atoms with E-state index in [2.05, 4.69) is 10.2 Å². The topological polar surface area (TPSA) is 190 Å². The normalized spacial score (nSPS) is 19.9. The lowest BCUT2D eigenvalue weighted by Crippen LogP contribution is -2.51. The molecule has 0 aliphatic carbocycles. The van der Waals surface area contributed by atoms with E-state index in [0.29, 0.717) is 17.6 Å². The number of ether oxygens (including phenoxy) is 2. The zero-order valence-electron chi connectivity index (χ0n) is 33.5. The fourth-order valence-electron chi connectivity index (χ4n) is 7.22. The van der Waals surface area contributed by atoms with Crippen LogP contribution in [0.1, 0.15) is 49.8 Å². The molecule has 1 saturated heterocycles. The van der Waals surface area contributed by atoms with Gasteiger partial charge < -0.3 is 39.7 Å². The largest absolute Gasteiger partial charge is 0.464 e. The Morgan fingerprint density at radius 2 is 1.46 bits per heavy atom. The number of rotatable bonds is 20. The Morgan fingerprint density at radius 3 is 2.08 bits per heavy atom. The molecule has 314 valence electrons. The molecule has 1 fully saturated rings. The van der Waals surface area contributed by atoms with Gasteiger partial charge in [0.25, 0.3) is 0 Å². The number of aliphatic hydroxyl groups is 2. The maximum atomic E-state index is 15.0. The van der Waals surface area contributed by atoms with Gasteiger partial charge in [-0.1, -0.05) is 98.3 Å². The third-order valence-corrected chi connectivity index (χ3v) is 12.0. The van der Waals surface area contributed by atoms with Gasteiger partial charge in [-0.25, -0.2) is 14.2 Å². The minimum atomic E-state index is -4.07. The summed E-state index contributed by atoms with van der Waals surface area (Å²) in [5, 5.41) is 31.8. The Bertz CT molecular complexity index is 2140. The van der Waals surface area contributed by atoms with Crippen molar-refractivity contribution >= 4 is 36.3 Å². The van der Waals surface area contributed by atoms with Gasteiger partial charge in [-0.05, 0) is 73.6 Å². The van der Waals surface area contributed by atoms with Gasteiger partial charge in [0, 0.05) is 25.1 Å². The van der Waals surface area contributed by atoms with Gasteiger partial charge in [0.1, 0.15) is 18.0 Å². The molecule has 15 heteroatoms. The number of H-pyrrole nitrogens is 1. The summed E-state index contributed by atoms with van der Waals surface area (Å²) >= 11 is 0. The van der Waals surface area contributed by atoms with Gasteiger partial charge in [-0.2, -0.15) is 5.10 Å². The fraction of sp³-hybridized carbons (Fsp3) is 0.386. The minimum absolute atomic E-state index is 0.0190. The third-order valence-electron chi connectivity index (χ3n) is 10.3. The molecule has 1 aliphatic heterocycles. The molecule has 14 nitrogen and oxygen atoms in total. The predicted octanol–water partition coefficient (Wildman–Crippen LogP) is 6.71. The molecule has 0 saturated carbocycles. The van der Waals surface area contributed by atoms with Crippen LogP contribution in [-0.2, 0) is 42.7 Å². The number of nitrogens with one attached hydrogen (secondary N) is 1. The molecule has 4 aromatic carbocycles. The molecule has 6 rings (SSSR count). The summed E-state index contributed by atoms with van der Waals surface area (Å²) in [6, 6.07) is 31.2. The van der Waals surface area contributed by atoms with Gasteiger partial charge in [0.15, 0.2) is 18.3 Å². The SMILES string of the molecule is CCCCOC(=O)[C@H](C)OP(=O)(COCCCN1C(=O)N(Cc2ccc3[nH]nc(N)c3c2)[C@H](Cc2ccccc2)[C@H](O)[C@@H](O)[C@H]1Cc1ccccc1)Oc1ccccc1. The van der Waals surface area contributed by atoms with Crippen LogP contribution < -0.4 is 10.3 Å². The van der Waals surface area contributed by atoms with E-state index in [1.807, 2.05) is 85.8 Å². The Morgan fingerprint density at radius 1 is 0.847 bits per heavy atom. The van der Waals surface area contributed by atoms with E-state index >= 15 is 4.79 Å². The summed E-state index contributed by atoms with van der Waals surface area (Å²) in [7, 11) is -4.07. The number of aliphatic hydroxyl groups excluding tert-OH is 2. The van der Waals surface area contributed by atoms with Crippen molar-refractivity contribution in [2.75, 3.05) is 31.8 Å². The van der Waals surface area contributed by atoms with E-state index in [1.165, 1.54) is 6.92 Å². The molecule has 0 spiro atoms. The number of aromatic amines is 1. The minimum Gasteiger partial charge on any atom is -0.464 e. The van der Waals surface area contributed by atoms with Gasteiger partial charge in [0.05, 0.1) is 24.2 Å². The second-order valence-electron chi connectivity index (χ2n) is 14.8. The van der Waals surface area contributed by atoms with Crippen molar-refractivity contribution in [3.05, 3.63) is 126 Å². The molecule has 2 amide bonds. The quantitative estimate of drug-likeness (QED) is 0.0371.